The molecule has 2 heterocycles. The van der Waals surface area contributed by atoms with Crippen LogP contribution in [0.3, 0.4) is 0 Å². The number of nitrogens with one attached hydrogen (secondary N) is 2. The predicted molar refractivity (Wildman–Crippen MR) is 120 cm³/mol. The second-order valence-electron chi connectivity index (χ2n) is 6.91. The molecule has 8 nitrogen and oxygen atoms in total. The zero-order valence-electron chi connectivity index (χ0n) is 17.1. The van der Waals surface area contributed by atoms with Crippen LogP contribution in [-0.4, -0.2) is 37.1 Å². The maximum Gasteiger partial charge on any atom is 0.338 e. The molecule has 9 heteroatoms. The van der Waals surface area contributed by atoms with E-state index < -0.39 is 18.0 Å². The van der Waals surface area contributed by atoms with Crippen molar-refractivity contribution in [3.63, 3.8) is 0 Å². The third kappa shape index (κ3) is 5.06. The number of benzene rings is 2. The first-order valence-electron chi connectivity index (χ1n) is 9.86. The molecule has 4 rings (SSSR count). The average molecular weight is 452 g/mol. The second-order valence-corrected chi connectivity index (χ2v) is 7.86. The summed E-state index contributed by atoms with van der Waals surface area (Å²) in [4.78, 5) is 37.8. The van der Waals surface area contributed by atoms with Crippen LogP contribution in [0.1, 0.15) is 27.0 Å². The molecule has 3 aromatic rings. The monoisotopic (exact) mass is 452 g/mol. The van der Waals surface area contributed by atoms with Gasteiger partial charge in [-0.25, -0.2) is 4.79 Å². The van der Waals surface area contributed by atoms with E-state index in [0.717, 1.165) is 0 Å². The van der Waals surface area contributed by atoms with E-state index in [9.17, 15) is 14.4 Å². The number of anilines is 2. The molecule has 32 heavy (non-hydrogen) atoms. The second kappa shape index (κ2) is 9.52. The quantitative estimate of drug-likeness (QED) is 0.549. The normalized spacial score (nSPS) is 13.0. The lowest BCUT2D eigenvalue weighted by Crippen LogP contribution is -2.30. The molecule has 1 aromatic heterocycles. The Hall–Kier alpha value is -3.85. The standard InChI is InChI=1S/C23H20N2O6S/c1-14(21(26)24-17-7-8-18-19(13-17)30-10-9-29-18)31-23(28)15-4-2-5-16(12-15)25-22(27)20-6-3-11-32-20/h2-8,11-14H,9-10H2,1H3,(H,24,26)(H,25,27). The van der Waals surface area contributed by atoms with Gasteiger partial charge in [0.2, 0.25) is 0 Å². The summed E-state index contributed by atoms with van der Waals surface area (Å²) in [7, 11) is 0. The molecular formula is C23H20N2O6S. The summed E-state index contributed by atoms with van der Waals surface area (Å²) in [5, 5.41) is 7.24. The van der Waals surface area contributed by atoms with Crippen molar-refractivity contribution in [2.75, 3.05) is 23.8 Å². The highest BCUT2D eigenvalue weighted by Gasteiger charge is 2.21. The van der Waals surface area contributed by atoms with Crippen LogP contribution >= 0.6 is 11.3 Å². The number of carbonyl (C=O) groups is 3. The Morgan fingerprint density at radius 2 is 1.72 bits per heavy atom. The minimum atomic E-state index is -1.04. The highest BCUT2D eigenvalue weighted by atomic mass is 32.1. The smallest absolute Gasteiger partial charge is 0.338 e. The lowest BCUT2D eigenvalue weighted by atomic mass is 10.2. The molecule has 0 aliphatic carbocycles. The van der Waals surface area contributed by atoms with Gasteiger partial charge in [0.15, 0.2) is 17.6 Å². The van der Waals surface area contributed by atoms with Crippen LogP contribution < -0.4 is 20.1 Å². The van der Waals surface area contributed by atoms with E-state index in [0.29, 0.717) is 41.0 Å². The molecule has 0 saturated heterocycles. The molecule has 164 valence electrons. The van der Waals surface area contributed by atoms with Crippen LogP contribution in [0.5, 0.6) is 11.5 Å². The van der Waals surface area contributed by atoms with Crippen molar-refractivity contribution in [1.29, 1.82) is 0 Å². The number of amides is 2. The van der Waals surface area contributed by atoms with Crippen molar-refractivity contribution in [3.8, 4) is 11.5 Å². The van der Waals surface area contributed by atoms with Crippen molar-refractivity contribution in [2.45, 2.75) is 13.0 Å². The van der Waals surface area contributed by atoms with Crippen LogP contribution in [0.15, 0.2) is 60.0 Å². The Bertz CT molecular complexity index is 1150. The van der Waals surface area contributed by atoms with Gasteiger partial charge >= 0.3 is 5.97 Å². The first kappa shape index (κ1) is 21.4. The largest absolute Gasteiger partial charge is 0.486 e. The van der Waals surface area contributed by atoms with E-state index in [4.69, 9.17) is 14.2 Å². The van der Waals surface area contributed by atoms with Crippen LogP contribution in [0.25, 0.3) is 0 Å². The van der Waals surface area contributed by atoms with Crippen molar-refractivity contribution in [3.05, 3.63) is 70.4 Å². The molecule has 2 amide bonds. The highest BCUT2D eigenvalue weighted by Crippen LogP contribution is 2.32. The third-order valence-corrected chi connectivity index (χ3v) is 5.43. The topological polar surface area (TPSA) is 103 Å². The van der Waals surface area contributed by atoms with Gasteiger partial charge in [-0.3, -0.25) is 9.59 Å². The Kier molecular flexibility index (Phi) is 6.37. The van der Waals surface area contributed by atoms with Gasteiger partial charge < -0.3 is 24.8 Å². The lowest BCUT2D eigenvalue weighted by Gasteiger charge is -2.19. The van der Waals surface area contributed by atoms with E-state index in [1.54, 1.807) is 53.9 Å². The molecule has 0 radical (unpaired) electrons. The van der Waals surface area contributed by atoms with Crippen molar-refractivity contribution >= 4 is 40.5 Å². The number of hydrogen-bond donors (Lipinski definition) is 2. The van der Waals surface area contributed by atoms with Crippen molar-refractivity contribution < 1.29 is 28.6 Å². The Labute approximate surface area is 188 Å². The molecule has 2 N–H and O–H groups in total. The van der Waals surface area contributed by atoms with Gasteiger partial charge in [0.25, 0.3) is 11.8 Å². The number of esters is 1. The molecule has 2 aromatic carbocycles. The van der Waals surface area contributed by atoms with Crippen LogP contribution in [0.2, 0.25) is 0 Å². The fourth-order valence-electron chi connectivity index (χ4n) is 2.97. The summed E-state index contributed by atoms with van der Waals surface area (Å²) in [6, 6.07) is 14.9. The Morgan fingerprint density at radius 1 is 0.938 bits per heavy atom. The lowest BCUT2D eigenvalue weighted by molar-refractivity contribution is -0.123. The van der Waals surface area contributed by atoms with E-state index in [-0.39, 0.29) is 11.5 Å². The van der Waals surface area contributed by atoms with Crippen molar-refractivity contribution in [2.24, 2.45) is 0 Å². The van der Waals surface area contributed by atoms with Gasteiger partial charge in [0.1, 0.15) is 13.2 Å². The minimum Gasteiger partial charge on any atom is -0.486 e. The first-order chi connectivity index (χ1) is 15.5. The number of hydrogen-bond acceptors (Lipinski definition) is 7. The molecule has 0 fully saturated rings. The third-order valence-electron chi connectivity index (χ3n) is 4.56. The van der Waals surface area contributed by atoms with E-state index >= 15 is 0 Å². The van der Waals surface area contributed by atoms with E-state index in [1.165, 1.54) is 24.3 Å². The molecule has 1 aliphatic rings. The predicted octanol–water partition coefficient (Wildman–Crippen LogP) is 3.96. The van der Waals surface area contributed by atoms with Gasteiger partial charge in [0.05, 0.1) is 10.4 Å². The molecule has 1 aliphatic heterocycles. The molecule has 0 spiro atoms. The van der Waals surface area contributed by atoms with Gasteiger partial charge in [0, 0.05) is 17.4 Å². The molecule has 1 unspecified atom stereocenters. The Balaban J connectivity index is 1.36. The van der Waals surface area contributed by atoms with Crippen LogP contribution in [0, 0.1) is 0 Å². The van der Waals surface area contributed by atoms with Crippen LogP contribution in [-0.2, 0) is 9.53 Å². The number of thiophene rings is 1. The molecule has 1 atom stereocenters. The summed E-state index contributed by atoms with van der Waals surface area (Å²) >= 11 is 1.32. The zero-order chi connectivity index (χ0) is 22.5. The summed E-state index contributed by atoms with van der Waals surface area (Å²) in [6.07, 6.45) is -1.04. The number of carbonyl (C=O) groups excluding carboxylic acids is 3. The Morgan fingerprint density at radius 3 is 2.50 bits per heavy atom. The maximum absolute atomic E-state index is 12.5. The van der Waals surface area contributed by atoms with Gasteiger partial charge in [-0.05, 0) is 48.7 Å². The number of fused-ring (bicyclic) bond motifs is 1. The fourth-order valence-corrected chi connectivity index (χ4v) is 3.59. The zero-order valence-corrected chi connectivity index (χ0v) is 17.9. The first-order valence-corrected chi connectivity index (χ1v) is 10.7. The molecule has 0 bridgehead atoms. The van der Waals surface area contributed by atoms with E-state index in [2.05, 4.69) is 10.6 Å². The fraction of sp³-hybridized carbons (Fsp3) is 0.174. The average Bonchev–Trinajstić information content (AvgIpc) is 3.34. The van der Waals surface area contributed by atoms with Crippen LogP contribution in [0.4, 0.5) is 11.4 Å². The SMILES string of the molecule is CC(OC(=O)c1cccc(NC(=O)c2cccs2)c1)C(=O)Nc1ccc2c(c1)OCCO2. The van der Waals surface area contributed by atoms with Gasteiger partial charge in [-0.1, -0.05) is 12.1 Å². The summed E-state index contributed by atoms with van der Waals surface area (Å²) in [6.45, 7) is 2.39. The number of ether oxygens (including phenoxy) is 3. The number of rotatable bonds is 6. The van der Waals surface area contributed by atoms with E-state index in [1.807, 2.05) is 0 Å². The summed E-state index contributed by atoms with van der Waals surface area (Å²) in [5.41, 5.74) is 1.17. The summed E-state index contributed by atoms with van der Waals surface area (Å²) in [5.74, 6) is -0.281. The van der Waals surface area contributed by atoms with Gasteiger partial charge in [-0.15, -0.1) is 11.3 Å². The molecular weight excluding hydrogens is 432 g/mol. The van der Waals surface area contributed by atoms with Crippen molar-refractivity contribution in [1.82, 2.24) is 0 Å². The summed E-state index contributed by atoms with van der Waals surface area (Å²) < 4.78 is 16.3. The van der Waals surface area contributed by atoms with Gasteiger partial charge in [-0.2, -0.15) is 0 Å². The highest BCUT2D eigenvalue weighted by molar-refractivity contribution is 7.12. The molecule has 0 saturated carbocycles. The minimum absolute atomic E-state index is 0.216. The maximum atomic E-state index is 12.5.